The number of ether oxygens (including phenoxy) is 1. The van der Waals surface area contributed by atoms with E-state index < -0.39 is 0 Å². The third-order valence-corrected chi connectivity index (χ3v) is 2.84. The quantitative estimate of drug-likeness (QED) is 0.562. The minimum absolute atomic E-state index is 0.110. The molecule has 2 aromatic carbocycles. The Morgan fingerprint density at radius 2 is 1.86 bits per heavy atom. The SMILES string of the molecule is COc1ccc(NCC(=O)N/N=C/c2ccc(O)cc2)cc1. The second-order valence-corrected chi connectivity index (χ2v) is 4.47. The number of phenolic OH excluding ortho intramolecular Hbond substituents is 1. The van der Waals surface area contributed by atoms with Crippen molar-refractivity contribution < 1.29 is 14.6 Å². The van der Waals surface area contributed by atoms with Gasteiger partial charge in [0.25, 0.3) is 5.91 Å². The standard InChI is InChI=1S/C16H17N3O3/c1-22-15-8-4-13(5-9-15)17-11-16(21)19-18-10-12-2-6-14(20)7-3-12/h2-10,17,20H,11H2,1H3,(H,19,21)/b18-10+. The number of nitrogens with zero attached hydrogens (tertiary/aromatic N) is 1. The van der Waals surface area contributed by atoms with E-state index in [9.17, 15) is 4.79 Å². The fourth-order valence-corrected chi connectivity index (χ4v) is 1.67. The number of rotatable bonds is 6. The molecule has 2 rings (SSSR count). The lowest BCUT2D eigenvalue weighted by atomic mass is 10.2. The average Bonchev–Trinajstić information content (AvgIpc) is 2.55. The van der Waals surface area contributed by atoms with Crippen molar-refractivity contribution in [3.05, 3.63) is 54.1 Å². The summed E-state index contributed by atoms with van der Waals surface area (Å²) in [5, 5.41) is 16.0. The predicted octanol–water partition coefficient (Wildman–Crippen LogP) is 1.96. The number of hydrazone groups is 1. The lowest BCUT2D eigenvalue weighted by Gasteiger charge is -2.06. The molecule has 6 heteroatoms. The summed E-state index contributed by atoms with van der Waals surface area (Å²) in [5.41, 5.74) is 4.02. The van der Waals surface area contributed by atoms with Gasteiger partial charge in [0.05, 0.1) is 19.9 Å². The third kappa shape index (κ3) is 4.82. The maximum absolute atomic E-state index is 11.6. The monoisotopic (exact) mass is 299 g/mol. The molecule has 0 bridgehead atoms. The number of carbonyl (C=O) groups excluding carboxylic acids is 1. The Kier molecular flexibility index (Phi) is 5.37. The highest BCUT2D eigenvalue weighted by molar-refractivity contribution is 5.84. The number of anilines is 1. The normalized spacial score (nSPS) is 10.4. The molecule has 0 radical (unpaired) electrons. The van der Waals surface area contributed by atoms with E-state index in [1.807, 2.05) is 24.3 Å². The lowest BCUT2D eigenvalue weighted by molar-refractivity contribution is -0.119. The number of hydrogen-bond donors (Lipinski definition) is 3. The second-order valence-electron chi connectivity index (χ2n) is 4.47. The molecular weight excluding hydrogens is 282 g/mol. The van der Waals surface area contributed by atoms with E-state index >= 15 is 0 Å². The molecule has 2 aromatic rings. The molecule has 0 aliphatic heterocycles. The Bertz CT molecular complexity index is 637. The van der Waals surface area contributed by atoms with Crippen molar-refractivity contribution in [3.8, 4) is 11.5 Å². The molecule has 0 aromatic heterocycles. The van der Waals surface area contributed by atoms with Crippen molar-refractivity contribution in [2.45, 2.75) is 0 Å². The minimum Gasteiger partial charge on any atom is -0.508 e. The molecule has 0 aliphatic carbocycles. The zero-order valence-corrected chi connectivity index (χ0v) is 12.1. The number of hydrogen-bond acceptors (Lipinski definition) is 5. The summed E-state index contributed by atoms with van der Waals surface area (Å²) in [4.78, 5) is 11.6. The number of carbonyl (C=O) groups is 1. The van der Waals surface area contributed by atoms with Crippen molar-refractivity contribution in [3.63, 3.8) is 0 Å². The smallest absolute Gasteiger partial charge is 0.259 e. The topological polar surface area (TPSA) is 83.0 Å². The van der Waals surface area contributed by atoms with E-state index in [2.05, 4.69) is 15.8 Å². The van der Waals surface area contributed by atoms with Crippen LogP contribution in [-0.2, 0) is 4.79 Å². The van der Waals surface area contributed by atoms with Crippen LogP contribution >= 0.6 is 0 Å². The van der Waals surface area contributed by atoms with Gasteiger partial charge in [-0.1, -0.05) is 0 Å². The number of benzene rings is 2. The van der Waals surface area contributed by atoms with Crippen LogP contribution < -0.4 is 15.5 Å². The van der Waals surface area contributed by atoms with Gasteiger partial charge in [0, 0.05) is 5.69 Å². The van der Waals surface area contributed by atoms with Crippen LogP contribution in [0.25, 0.3) is 0 Å². The van der Waals surface area contributed by atoms with E-state index in [0.717, 1.165) is 17.0 Å². The summed E-state index contributed by atoms with van der Waals surface area (Å²) in [7, 11) is 1.60. The van der Waals surface area contributed by atoms with Gasteiger partial charge in [-0.05, 0) is 54.1 Å². The molecular formula is C16H17N3O3. The van der Waals surface area contributed by atoms with Crippen molar-refractivity contribution in [2.24, 2.45) is 5.10 Å². The molecule has 1 amide bonds. The second kappa shape index (κ2) is 7.68. The highest BCUT2D eigenvalue weighted by Crippen LogP contribution is 2.14. The largest absolute Gasteiger partial charge is 0.508 e. The fraction of sp³-hybridized carbons (Fsp3) is 0.125. The molecule has 0 spiro atoms. The molecule has 114 valence electrons. The number of methoxy groups -OCH3 is 1. The van der Waals surface area contributed by atoms with Gasteiger partial charge in [-0.25, -0.2) is 5.43 Å². The van der Waals surface area contributed by atoms with Crippen molar-refractivity contribution in [2.75, 3.05) is 19.0 Å². The fourth-order valence-electron chi connectivity index (χ4n) is 1.67. The first kappa shape index (κ1) is 15.4. The summed E-state index contributed by atoms with van der Waals surface area (Å²) in [6.45, 7) is 0.110. The van der Waals surface area contributed by atoms with E-state index in [4.69, 9.17) is 9.84 Å². The predicted molar refractivity (Wildman–Crippen MR) is 85.3 cm³/mol. The van der Waals surface area contributed by atoms with E-state index in [0.29, 0.717) is 0 Å². The average molecular weight is 299 g/mol. The number of phenols is 1. The summed E-state index contributed by atoms with van der Waals surface area (Å²) in [6.07, 6.45) is 1.50. The Balaban J connectivity index is 1.76. The van der Waals surface area contributed by atoms with Gasteiger partial charge in [0.2, 0.25) is 0 Å². The van der Waals surface area contributed by atoms with Crippen LogP contribution in [0.3, 0.4) is 0 Å². The first-order chi connectivity index (χ1) is 10.7. The highest BCUT2D eigenvalue weighted by Gasteiger charge is 1.99. The Hall–Kier alpha value is -3.02. The molecule has 0 atom stereocenters. The van der Waals surface area contributed by atoms with Crippen LogP contribution in [0.4, 0.5) is 5.69 Å². The molecule has 0 heterocycles. The van der Waals surface area contributed by atoms with Crippen LogP contribution in [0.15, 0.2) is 53.6 Å². The molecule has 6 nitrogen and oxygen atoms in total. The van der Waals surface area contributed by atoms with Gasteiger partial charge in [-0.2, -0.15) is 5.10 Å². The molecule has 22 heavy (non-hydrogen) atoms. The Morgan fingerprint density at radius 3 is 2.50 bits per heavy atom. The Labute approximate surface area is 128 Å². The summed E-state index contributed by atoms with van der Waals surface area (Å²) < 4.78 is 5.06. The maximum Gasteiger partial charge on any atom is 0.259 e. The van der Waals surface area contributed by atoms with Crippen molar-refractivity contribution in [1.82, 2.24) is 5.43 Å². The molecule has 0 saturated carbocycles. The summed E-state index contributed by atoms with van der Waals surface area (Å²) in [5.74, 6) is 0.684. The van der Waals surface area contributed by atoms with Crippen molar-refractivity contribution >= 4 is 17.8 Å². The lowest BCUT2D eigenvalue weighted by Crippen LogP contribution is -2.25. The number of nitrogens with one attached hydrogen (secondary N) is 2. The molecule has 0 aliphatic rings. The van der Waals surface area contributed by atoms with Gasteiger partial charge in [-0.3, -0.25) is 4.79 Å². The van der Waals surface area contributed by atoms with Crippen LogP contribution in [0.5, 0.6) is 11.5 Å². The van der Waals surface area contributed by atoms with Crippen LogP contribution in [-0.4, -0.2) is 30.9 Å². The van der Waals surface area contributed by atoms with E-state index in [-0.39, 0.29) is 18.2 Å². The molecule has 3 N–H and O–H groups in total. The van der Waals surface area contributed by atoms with Gasteiger partial charge < -0.3 is 15.2 Å². The zero-order valence-electron chi connectivity index (χ0n) is 12.1. The van der Waals surface area contributed by atoms with E-state index in [1.54, 1.807) is 31.4 Å². The van der Waals surface area contributed by atoms with Crippen LogP contribution in [0.2, 0.25) is 0 Å². The van der Waals surface area contributed by atoms with Crippen molar-refractivity contribution in [1.29, 1.82) is 0 Å². The molecule has 0 fully saturated rings. The first-order valence-corrected chi connectivity index (χ1v) is 6.66. The summed E-state index contributed by atoms with van der Waals surface area (Å²) in [6, 6.07) is 13.8. The van der Waals surface area contributed by atoms with Gasteiger partial charge in [0.1, 0.15) is 11.5 Å². The van der Waals surface area contributed by atoms with E-state index in [1.165, 1.54) is 6.21 Å². The Morgan fingerprint density at radius 1 is 1.18 bits per heavy atom. The maximum atomic E-state index is 11.6. The van der Waals surface area contributed by atoms with Gasteiger partial charge in [-0.15, -0.1) is 0 Å². The molecule has 0 unspecified atom stereocenters. The number of aromatic hydroxyl groups is 1. The van der Waals surface area contributed by atoms with Crippen LogP contribution in [0, 0.1) is 0 Å². The third-order valence-electron chi connectivity index (χ3n) is 2.84. The molecule has 0 saturated heterocycles. The minimum atomic E-state index is -0.258. The number of amides is 1. The van der Waals surface area contributed by atoms with Gasteiger partial charge >= 0.3 is 0 Å². The van der Waals surface area contributed by atoms with Gasteiger partial charge in [0.15, 0.2) is 0 Å². The highest BCUT2D eigenvalue weighted by atomic mass is 16.5. The zero-order chi connectivity index (χ0) is 15.8. The van der Waals surface area contributed by atoms with Crippen LogP contribution in [0.1, 0.15) is 5.56 Å². The first-order valence-electron chi connectivity index (χ1n) is 6.66. The summed E-state index contributed by atoms with van der Waals surface area (Å²) >= 11 is 0.